The molecule has 0 atom stereocenters. The first-order chi connectivity index (χ1) is 6.45. The summed E-state index contributed by atoms with van der Waals surface area (Å²) in [6.07, 6.45) is 0. The van der Waals surface area contributed by atoms with Crippen LogP contribution in [-0.4, -0.2) is 0 Å². The van der Waals surface area contributed by atoms with Crippen LogP contribution >= 0.6 is 0 Å². The van der Waals surface area contributed by atoms with Crippen LogP contribution in [0, 0.1) is 5.82 Å². The van der Waals surface area contributed by atoms with Crippen molar-refractivity contribution >= 4 is 5.69 Å². The Morgan fingerprint density at radius 3 is 2.07 bits per heavy atom. The van der Waals surface area contributed by atoms with Crippen LogP contribution in [0.15, 0.2) is 12.1 Å². The highest BCUT2D eigenvalue weighted by Crippen LogP contribution is 2.31. The van der Waals surface area contributed by atoms with E-state index in [0.29, 0.717) is 17.2 Å². The largest absolute Gasteiger partial charge is 0.398 e. The summed E-state index contributed by atoms with van der Waals surface area (Å²) in [4.78, 5) is 0. The Bertz CT molecular complexity index is 329. The molecule has 2 heteroatoms. The fourth-order valence-electron chi connectivity index (χ4n) is 1.72. The lowest BCUT2D eigenvalue weighted by molar-refractivity contribution is 0.598. The van der Waals surface area contributed by atoms with Crippen LogP contribution in [0.1, 0.15) is 50.7 Å². The van der Waals surface area contributed by atoms with E-state index in [2.05, 4.69) is 13.8 Å². The zero-order chi connectivity index (χ0) is 10.9. The summed E-state index contributed by atoms with van der Waals surface area (Å²) in [7, 11) is 0. The SMILES string of the molecule is CC(C)c1ccc(F)c(C(C)C)c1N. The van der Waals surface area contributed by atoms with Gasteiger partial charge in [-0.05, 0) is 23.5 Å². The number of hydrogen-bond donors (Lipinski definition) is 1. The Hall–Kier alpha value is -1.05. The summed E-state index contributed by atoms with van der Waals surface area (Å²) in [5.74, 6) is 0.281. The molecule has 78 valence electrons. The Morgan fingerprint density at radius 1 is 1.07 bits per heavy atom. The first-order valence-electron chi connectivity index (χ1n) is 5.03. The molecule has 0 spiro atoms. The van der Waals surface area contributed by atoms with Gasteiger partial charge in [0.05, 0.1) is 0 Å². The molecule has 1 nitrogen and oxygen atoms in total. The second-order valence-electron chi connectivity index (χ2n) is 4.27. The molecule has 0 radical (unpaired) electrons. The summed E-state index contributed by atoms with van der Waals surface area (Å²) >= 11 is 0. The molecular weight excluding hydrogens is 177 g/mol. The van der Waals surface area contributed by atoms with Gasteiger partial charge in [-0.1, -0.05) is 33.8 Å². The molecule has 0 aliphatic carbocycles. The Labute approximate surface area is 85.1 Å². The highest BCUT2D eigenvalue weighted by atomic mass is 19.1. The summed E-state index contributed by atoms with van der Waals surface area (Å²) in [6, 6.07) is 3.29. The van der Waals surface area contributed by atoms with Gasteiger partial charge in [-0.2, -0.15) is 0 Å². The maximum absolute atomic E-state index is 13.5. The fourth-order valence-corrected chi connectivity index (χ4v) is 1.72. The monoisotopic (exact) mass is 195 g/mol. The minimum absolute atomic E-state index is 0.133. The number of rotatable bonds is 2. The van der Waals surface area contributed by atoms with Crippen molar-refractivity contribution in [3.05, 3.63) is 29.1 Å². The van der Waals surface area contributed by atoms with Crippen LogP contribution in [0.25, 0.3) is 0 Å². The van der Waals surface area contributed by atoms with Gasteiger partial charge in [0.15, 0.2) is 0 Å². The zero-order valence-electron chi connectivity index (χ0n) is 9.26. The van der Waals surface area contributed by atoms with Crippen molar-refractivity contribution in [2.75, 3.05) is 5.73 Å². The van der Waals surface area contributed by atoms with Crippen LogP contribution in [0.4, 0.5) is 10.1 Å². The zero-order valence-corrected chi connectivity index (χ0v) is 9.26. The van der Waals surface area contributed by atoms with E-state index in [1.165, 1.54) is 6.07 Å². The second-order valence-corrected chi connectivity index (χ2v) is 4.27. The van der Waals surface area contributed by atoms with Gasteiger partial charge >= 0.3 is 0 Å². The van der Waals surface area contributed by atoms with E-state index in [4.69, 9.17) is 5.73 Å². The van der Waals surface area contributed by atoms with Crippen molar-refractivity contribution in [2.45, 2.75) is 39.5 Å². The van der Waals surface area contributed by atoms with E-state index in [0.717, 1.165) is 5.56 Å². The lowest BCUT2D eigenvalue weighted by Gasteiger charge is -2.16. The van der Waals surface area contributed by atoms with E-state index in [-0.39, 0.29) is 11.7 Å². The number of nitrogens with two attached hydrogens (primary N) is 1. The summed E-state index contributed by atoms with van der Waals surface area (Å²) < 4.78 is 13.5. The van der Waals surface area contributed by atoms with E-state index < -0.39 is 0 Å². The van der Waals surface area contributed by atoms with Crippen molar-refractivity contribution in [1.29, 1.82) is 0 Å². The summed E-state index contributed by atoms with van der Waals surface area (Å²) in [5, 5.41) is 0. The Morgan fingerprint density at radius 2 is 1.64 bits per heavy atom. The molecular formula is C12H18FN. The number of nitrogen functional groups attached to an aromatic ring is 1. The van der Waals surface area contributed by atoms with Gasteiger partial charge in [0, 0.05) is 11.3 Å². The predicted octanol–water partition coefficient (Wildman–Crippen LogP) is 3.65. The lowest BCUT2D eigenvalue weighted by Crippen LogP contribution is -2.05. The molecule has 0 unspecified atom stereocenters. The van der Waals surface area contributed by atoms with Gasteiger partial charge in [-0.25, -0.2) is 4.39 Å². The fraction of sp³-hybridized carbons (Fsp3) is 0.500. The highest BCUT2D eigenvalue weighted by molar-refractivity contribution is 5.56. The molecule has 0 aromatic heterocycles. The van der Waals surface area contributed by atoms with Crippen LogP contribution in [0.5, 0.6) is 0 Å². The maximum atomic E-state index is 13.5. The molecule has 0 aliphatic heterocycles. The third-order valence-electron chi connectivity index (χ3n) is 2.47. The average molecular weight is 195 g/mol. The molecule has 14 heavy (non-hydrogen) atoms. The second kappa shape index (κ2) is 3.99. The van der Waals surface area contributed by atoms with Crippen LogP contribution in [0.3, 0.4) is 0 Å². The number of hydrogen-bond acceptors (Lipinski definition) is 1. The summed E-state index contributed by atoms with van der Waals surface area (Å²) in [5.41, 5.74) is 8.25. The molecule has 0 amide bonds. The van der Waals surface area contributed by atoms with E-state index in [9.17, 15) is 4.39 Å². The molecule has 0 fully saturated rings. The van der Waals surface area contributed by atoms with Crippen molar-refractivity contribution in [2.24, 2.45) is 0 Å². The quantitative estimate of drug-likeness (QED) is 0.716. The molecule has 0 heterocycles. The van der Waals surface area contributed by atoms with Gasteiger partial charge in [0.25, 0.3) is 0 Å². The minimum Gasteiger partial charge on any atom is -0.398 e. The molecule has 1 aromatic carbocycles. The number of anilines is 1. The van der Waals surface area contributed by atoms with Crippen molar-refractivity contribution in [3.8, 4) is 0 Å². The standard InChI is InChI=1S/C12H18FN/c1-7(2)9-5-6-10(13)11(8(3)4)12(9)14/h5-8H,14H2,1-4H3. The number of benzene rings is 1. The first kappa shape index (κ1) is 11.0. The van der Waals surface area contributed by atoms with Crippen molar-refractivity contribution < 1.29 is 4.39 Å². The minimum atomic E-state index is -0.193. The topological polar surface area (TPSA) is 26.0 Å². The molecule has 0 bridgehead atoms. The van der Waals surface area contributed by atoms with E-state index >= 15 is 0 Å². The highest BCUT2D eigenvalue weighted by Gasteiger charge is 2.15. The first-order valence-corrected chi connectivity index (χ1v) is 5.03. The van der Waals surface area contributed by atoms with Gasteiger partial charge in [0.1, 0.15) is 5.82 Å². The third kappa shape index (κ3) is 1.89. The average Bonchev–Trinajstić information content (AvgIpc) is 2.02. The van der Waals surface area contributed by atoms with Crippen molar-refractivity contribution in [1.82, 2.24) is 0 Å². The van der Waals surface area contributed by atoms with E-state index in [1.54, 1.807) is 6.07 Å². The van der Waals surface area contributed by atoms with Gasteiger partial charge in [-0.15, -0.1) is 0 Å². The molecule has 0 saturated carbocycles. The van der Waals surface area contributed by atoms with Crippen LogP contribution in [0.2, 0.25) is 0 Å². The maximum Gasteiger partial charge on any atom is 0.128 e. The lowest BCUT2D eigenvalue weighted by atomic mass is 9.92. The third-order valence-corrected chi connectivity index (χ3v) is 2.47. The molecule has 1 aromatic rings. The number of halogens is 1. The van der Waals surface area contributed by atoms with Gasteiger partial charge < -0.3 is 5.73 Å². The Balaban J connectivity index is 3.34. The van der Waals surface area contributed by atoms with Crippen LogP contribution < -0.4 is 5.73 Å². The summed E-state index contributed by atoms with van der Waals surface area (Å²) in [6.45, 7) is 8.04. The normalized spacial score (nSPS) is 11.4. The van der Waals surface area contributed by atoms with Gasteiger partial charge in [0.2, 0.25) is 0 Å². The molecule has 1 rings (SSSR count). The predicted molar refractivity (Wildman–Crippen MR) is 59.0 cm³/mol. The van der Waals surface area contributed by atoms with Gasteiger partial charge in [-0.3, -0.25) is 0 Å². The Kier molecular flexibility index (Phi) is 3.14. The van der Waals surface area contributed by atoms with E-state index in [1.807, 2.05) is 13.8 Å². The molecule has 2 N–H and O–H groups in total. The molecule has 0 saturated heterocycles. The van der Waals surface area contributed by atoms with Crippen LogP contribution in [-0.2, 0) is 0 Å². The molecule has 0 aliphatic rings. The smallest absolute Gasteiger partial charge is 0.128 e. The van der Waals surface area contributed by atoms with Crippen molar-refractivity contribution in [3.63, 3.8) is 0 Å².